The van der Waals surface area contributed by atoms with Crippen molar-refractivity contribution in [2.45, 2.75) is 39.0 Å². The Labute approximate surface area is 148 Å². The van der Waals surface area contributed by atoms with Crippen LogP contribution in [0.1, 0.15) is 40.8 Å². The molecule has 2 heterocycles. The Hall–Kier alpha value is -2.06. The molecule has 0 atom stereocenters. The predicted octanol–water partition coefficient (Wildman–Crippen LogP) is 4.14. The second kappa shape index (κ2) is 9.29. The summed E-state index contributed by atoms with van der Waals surface area (Å²) in [7, 11) is 0. The number of nitro groups is 1. The molecule has 0 fully saturated rings. The predicted molar refractivity (Wildman–Crippen MR) is 98.0 cm³/mol. The van der Waals surface area contributed by atoms with Gasteiger partial charge < -0.3 is 0 Å². The van der Waals surface area contributed by atoms with Gasteiger partial charge in [0, 0.05) is 17.4 Å². The van der Waals surface area contributed by atoms with Crippen LogP contribution >= 0.6 is 22.7 Å². The third-order valence-electron chi connectivity index (χ3n) is 3.36. The number of rotatable bonds is 9. The van der Waals surface area contributed by atoms with Crippen LogP contribution in [0.3, 0.4) is 0 Å². The summed E-state index contributed by atoms with van der Waals surface area (Å²) < 4.78 is 0. The lowest BCUT2D eigenvalue weighted by atomic mass is 10.2. The van der Waals surface area contributed by atoms with Gasteiger partial charge in [-0.15, -0.1) is 22.7 Å². The molecule has 2 aromatic heterocycles. The Kier molecular flexibility index (Phi) is 7.07. The highest BCUT2D eigenvalue weighted by atomic mass is 32.1. The maximum Gasteiger partial charge on any atom is 0.283 e. The molecule has 0 spiro atoms. The van der Waals surface area contributed by atoms with Crippen LogP contribution in [0.25, 0.3) is 0 Å². The van der Waals surface area contributed by atoms with Gasteiger partial charge in [-0.25, -0.2) is 5.43 Å². The van der Waals surface area contributed by atoms with E-state index in [0.29, 0.717) is 22.6 Å². The summed E-state index contributed by atoms with van der Waals surface area (Å²) in [5.41, 5.74) is 2.59. The molecule has 128 valence electrons. The van der Waals surface area contributed by atoms with Crippen molar-refractivity contribution in [1.29, 1.82) is 0 Å². The van der Waals surface area contributed by atoms with Crippen molar-refractivity contribution in [2.24, 2.45) is 5.10 Å². The minimum absolute atomic E-state index is 0.115. The largest absolute Gasteiger partial charge is 0.283 e. The van der Waals surface area contributed by atoms with E-state index in [1.54, 1.807) is 11.3 Å². The van der Waals surface area contributed by atoms with Crippen LogP contribution in [0.5, 0.6) is 0 Å². The zero-order valence-corrected chi connectivity index (χ0v) is 15.0. The molecule has 0 aromatic carbocycles. The molecular weight excluding hydrogens is 346 g/mol. The van der Waals surface area contributed by atoms with E-state index in [4.69, 9.17) is 0 Å². The Bertz CT molecular complexity index is 708. The summed E-state index contributed by atoms with van der Waals surface area (Å²) in [6.07, 6.45) is 5.25. The zero-order chi connectivity index (χ0) is 17.4. The van der Waals surface area contributed by atoms with Crippen LogP contribution in [0.2, 0.25) is 0 Å². The second-order valence-electron chi connectivity index (χ2n) is 5.15. The monoisotopic (exact) mass is 365 g/mol. The molecule has 0 radical (unpaired) electrons. The summed E-state index contributed by atoms with van der Waals surface area (Å²) >= 11 is 3.05. The molecule has 0 aliphatic rings. The van der Waals surface area contributed by atoms with Crippen molar-refractivity contribution in [3.05, 3.63) is 48.3 Å². The number of carbonyl (C=O) groups is 1. The van der Waals surface area contributed by atoms with Gasteiger partial charge in [-0.1, -0.05) is 13.0 Å². The third kappa shape index (κ3) is 5.54. The standard InChI is InChI=1S/C16H19N3O3S2/c1-2-15-14(19(21)22)10-13(24-15)11-17-18-16(20)8-4-3-6-12-7-5-9-23-12/h5,7,9-11H,2-4,6,8H2,1H3,(H,18,20)/b17-11+. The number of nitrogens with zero attached hydrogens (tertiary/aromatic N) is 2. The molecule has 1 amide bonds. The van der Waals surface area contributed by atoms with Gasteiger partial charge in [0.15, 0.2) is 0 Å². The number of unbranched alkanes of at least 4 members (excludes halogenated alkanes) is 1. The molecule has 0 aliphatic heterocycles. The van der Waals surface area contributed by atoms with Gasteiger partial charge >= 0.3 is 0 Å². The van der Waals surface area contributed by atoms with Crippen molar-refractivity contribution in [3.63, 3.8) is 0 Å². The average molecular weight is 365 g/mol. The molecule has 8 heteroatoms. The maximum atomic E-state index is 11.7. The van der Waals surface area contributed by atoms with Gasteiger partial charge in [0.1, 0.15) is 0 Å². The number of thiophene rings is 2. The number of hydrazone groups is 1. The Morgan fingerprint density at radius 2 is 2.29 bits per heavy atom. The normalized spacial score (nSPS) is 11.0. The number of carbonyl (C=O) groups excluding carboxylic acids is 1. The molecule has 0 saturated carbocycles. The third-order valence-corrected chi connectivity index (χ3v) is 5.50. The molecular formula is C16H19N3O3S2. The van der Waals surface area contributed by atoms with Crippen LogP contribution in [-0.2, 0) is 17.6 Å². The van der Waals surface area contributed by atoms with Gasteiger partial charge in [-0.05, 0) is 37.1 Å². The molecule has 2 rings (SSSR count). The van der Waals surface area contributed by atoms with Crippen molar-refractivity contribution >= 4 is 40.5 Å². The van der Waals surface area contributed by atoms with Gasteiger partial charge in [-0.3, -0.25) is 14.9 Å². The minimum atomic E-state index is -0.390. The number of amides is 1. The molecule has 0 unspecified atom stereocenters. The van der Waals surface area contributed by atoms with Gasteiger partial charge in [0.05, 0.1) is 20.9 Å². The zero-order valence-electron chi connectivity index (χ0n) is 13.4. The van der Waals surface area contributed by atoms with Crippen molar-refractivity contribution in [3.8, 4) is 0 Å². The highest BCUT2D eigenvalue weighted by Crippen LogP contribution is 2.28. The van der Waals surface area contributed by atoms with Crippen molar-refractivity contribution < 1.29 is 9.72 Å². The number of nitrogens with one attached hydrogen (secondary N) is 1. The Morgan fingerprint density at radius 1 is 1.46 bits per heavy atom. The average Bonchev–Trinajstić information content (AvgIpc) is 3.21. The SMILES string of the molecule is CCc1sc(/C=N/NC(=O)CCCCc2cccs2)cc1[N+](=O)[O-]. The topological polar surface area (TPSA) is 84.6 Å². The highest BCUT2D eigenvalue weighted by molar-refractivity contribution is 7.14. The van der Waals surface area contributed by atoms with Crippen molar-refractivity contribution in [1.82, 2.24) is 5.43 Å². The van der Waals surface area contributed by atoms with Crippen LogP contribution in [0.15, 0.2) is 28.7 Å². The number of hydrogen-bond acceptors (Lipinski definition) is 6. The Balaban J connectivity index is 1.72. The molecule has 2 aromatic rings. The fraction of sp³-hybridized carbons (Fsp3) is 0.375. The van der Waals surface area contributed by atoms with E-state index in [1.807, 2.05) is 13.0 Å². The van der Waals surface area contributed by atoms with E-state index < -0.39 is 4.92 Å². The molecule has 1 N–H and O–H groups in total. The smallest absolute Gasteiger partial charge is 0.273 e. The number of aryl methyl sites for hydroxylation is 2. The molecule has 0 bridgehead atoms. The lowest BCUT2D eigenvalue weighted by Crippen LogP contribution is -2.16. The fourth-order valence-electron chi connectivity index (χ4n) is 2.17. The lowest BCUT2D eigenvalue weighted by molar-refractivity contribution is -0.385. The summed E-state index contributed by atoms with van der Waals surface area (Å²) in [5.74, 6) is -0.140. The summed E-state index contributed by atoms with van der Waals surface area (Å²) in [6.45, 7) is 1.87. The van der Waals surface area contributed by atoms with E-state index in [0.717, 1.165) is 19.3 Å². The van der Waals surface area contributed by atoms with E-state index in [2.05, 4.69) is 22.0 Å². The molecule has 24 heavy (non-hydrogen) atoms. The summed E-state index contributed by atoms with van der Waals surface area (Å²) in [6, 6.07) is 5.61. The number of hydrogen-bond donors (Lipinski definition) is 1. The van der Waals surface area contributed by atoms with E-state index >= 15 is 0 Å². The fourth-order valence-corrected chi connectivity index (χ4v) is 3.87. The molecule has 6 nitrogen and oxygen atoms in total. The summed E-state index contributed by atoms with van der Waals surface area (Å²) in [5, 5.41) is 16.8. The first kappa shape index (κ1) is 18.3. The van der Waals surface area contributed by atoms with E-state index in [-0.39, 0.29) is 11.6 Å². The molecule has 0 saturated heterocycles. The van der Waals surface area contributed by atoms with Crippen LogP contribution in [0.4, 0.5) is 5.69 Å². The van der Waals surface area contributed by atoms with Gasteiger partial charge in [0.2, 0.25) is 5.91 Å². The first-order valence-electron chi connectivity index (χ1n) is 7.71. The minimum Gasteiger partial charge on any atom is -0.273 e. The quantitative estimate of drug-likeness (QED) is 0.314. The van der Waals surface area contributed by atoms with E-state index in [9.17, 15) is 14.9 Å². The lowest BCUT2D eigenvalue weighted by Gasteiger charge is -1.99. The first-order valence-corrected chi connectivity index (χ1v) is 9.41. The van der Waals surface area contributed by atoms with Crippen LogP contribution in [-0.4, -0.2) is 17.0 Å². The van der Waals surface area contributed by atoms with Crippen molar-refractivity contribution in [2.75, 3.05) is 0 Å². The second-order valence-corrected chi connectivity index (χ2v) is 7.35. The van der Waals surface area contributed by atoms with E-state index in [1.165, 1.54) is 28.5 Å². The maximum absolute atomic E-state index is 11.7. The Morgan fingerprint density at radius 3 is 2.92 bits per heavy atom. The van der Waals surface area contributed by atoms with Gasteiger partial charge in [-0.2, -0.15) is 5.10 Å². The van der Waals surface area contributed by atoms with Gasteiger partial charge in [0.25, 0.3) is 5.69 Å². The highest BCUT2D eigenvalue weighted by Gasteiger charge is 2.16. The first-order chi connectivity index (χ1) is 11.6. The summed E-state index contributed by atoms with van der Waals surface area (Å²) in [4.78, 5) is 24.9. The van der Waals surface area contributed by atoms with Crippen LogP contribution < -0.4 is 5.43 Å². The molecule has 0 aliphatic carbocycles. The van der Waals surface area contributed by atoms with Crippen LogP contribution in [0, 0.1) is 10.1 Å².